The summed E-state index contributed by atoms with van der Waals surface area (Å²) in [7, 11) is 1.63. The van der Waals surface area contributed by atoms with Gasteiger partial charge in [-0.05, 0) is 18.6 Å². The van der Waals surface area contributed by atoms with Gasteiger partial charge in [-0.3, -0.25) is 4.99 Å². The van der Waals surface area contributed by atoms with E-state index in [1.807, 2.05) is 12.1 Å². The van der Waals surface area contributed by atoms with E-state index in [1.165, 1.54) is 0 Å². The van der Waals surface area contributed by atoms with Crippen molar-refractivity contribution in [1.29, 1.82) is 0 Å². The molecule has 1 N–H and O–H groups in total. The molecule has 0 bridgehead atoms. The zero-order valence-electron chi connectivity index (χ0n) is 8.59. The Bertz CT molecular complexity index is 390. The predicted molar refractivity (Wildman–Crippen MR) is 63.2 cm³/mol. The molecule has 1 aromatic rings. The number of methoxy groups -OCH3 is 1. The van der Waals surface area contributed by atoms with Crippen LogP contribution in [0.15, 0.2) is 23.2 Å². The second-order valence-electron chi connectivity index (χ2n) is 3.40. The number of nitrogens with one attached hydrogen (secondary N) is 1. The summed E-state index contributed by atoms with van der Waals surface area (Å²) in [5.74, 6) is 1.77. The maximum atomic E-state index is 5.87. The van der Waals surface area contributed by atoms with E-state index in [0.29, 0.717) is 5.02 Å². The number of aliphatic imine (C=N–C) groups is 1. The van der Waals surface area contributed by atoms with Crippen LogP contribution in [0.2, 0.25) is 5.02 Å². The lowest BCUT2D eigenvalue weighted by molar-refractivity contribution is 0.417. The summed E-state index contributed by atoms with van der Waals surface area (Å²) in [4.78, 5) is 4.35. The number of halogens is 1. The van der Waals surface area contributed by atoms with Crippen LogP contribution in [-0.2, 0) is 0 Å². The molecule has 0 aliphatic carbocycles. The molecule has 4 heteroatoms. The molecule has 2 rings (SSSR count). The molecule has 1 aliphatic heterocycles. The van der Waals surface area contributed by atoms with Crippen LogP contribution in [0, 0.1) is 0 Å². The Balaban J connectivity index is 2.19. The van der Waals surface area contributed by atoms with Gasteiger partial charge in [0.05, 0.1) is 12.8 Å². The van der Waals surface area contributed by atoms with Crippen LogP contribution in [-0.4, -0.2) is 19.5 Å². The smallest absolute Gasteiger partial charge is 0.143 e. The molecule has 1 aromatic carbocycles. The number of ether oxygens (including phenoxy) is 1. The third-order valence-corrected chi connectivity index (χ3v) is 2.55. The molecular weight excluding hydrogens is 212 g/mol. The normalized spacial score (nSPS) is 14.9. The minimum absolute atomic E-state index is 0.672. The van der Waals surface area contributed by atoms with Crippen LogP contribution in [0.5, 0.6) is 5.75 Å². The van der Waals surface area contributed by atoms with Gasteiger partial charge in [0.1, 0.15) is 11.6 Å². The zero-order chi connectivity index (χ0) is 10.7. The first kappa shape index (κ1) is 10.3. The monoisotopic (exact) mass is 224 g/mol. The predicted octanol–water partition coefficient (Wildman–Crippen LogP) is 2.95. The van der Waals surface area contributed by atoms with Crippen molar-refractivity contribution < 1.29 is 4.74 Å². The topological polar surface area (TPSA) is 33.6 Å². The van der Waals surface area contributed by atoms with Gasteiger partial charge >= 0.3 is 0 Å². The Morgan fingerprint density at radius 1 is 1.47 bits per heavy atom. The van der Waals surface area contributed by atoms with E-state index in [0.717, 1.165) is 36.7 Å². The van der Waals surface area contributed by atoms with Gasteiger partial charge in [0, 0.05) is 24.1 Å². The van der Waals surface area contributed by atoms with E-state index in [4.69, 9.17) is 16.3 Å². The number of anilines is 1. The third-order valence-electron chi connectivity index (χ3n) is 2.32. The molecule has 1 heterocycles. The fraction of sp³-hybridized carbons (Fsp3) is 0.364. The molecule has 0 aromatic heterocycles. The van der Waals surface area contributed by atoms with Crippen molar-refractivity contribution in [2.45, 2.75) is 12.8 Å². The van der Waals surface area contributed by atoms with Crippen LogP contribution in [0.1, 0.15) is 12.8 Å². The number of benzene rings is 1. The van der Waals surface area contributed by atoms with Gasteiger partial charge in [-0.2, -0.15) is 0 Å². The number of hydrogen-bond donors (Lipinski definition) is 1. The fourth-order valence-corrected chi connectivity index (χ4v) is 1.73. The molecule has 0 fully saturated rings. The maximum Gasteiger partial charge on any atom is 0.143 e. The molecule has 3 nitrogen and oxygen atoms in total. The second-order valence-corrected chi connectivity index (χ2v) is 3.84. The first-order valence-electron chi connectivity index (χ1n) is 4.93. The molecule has 0 spiro atoms. The average molecular weight is 225 g/mol. The van der Waals surface area contributed by atoms with Crippen molar-refractivity contribution in [3.63, 3.8) is 0 Å². The van der Waals surface area contributed by atoms with Crippen molar-refractivity contribution in [3.05, 3.63) is 23.2 Å². The Labute approximate surface area is 94.1 Å². The third kappa shape index (κ3) is 2.42. The highest BCUT2D eigenvalue weighted by molar-refractivity contribution is 6.30. The van der Waals surface area contributed by atoms with E-state index in [9.17, 15) is 0 Å². The van der Waals surface area contributed by atoms with Crippen molar-refractivity contribution in [3.8, 4) is 5.75 Å². The molecule has 0 unspecified atom stereocenters. The highest BCUT2D eigenvalue weighted by atomic mass is 35.5. The van der Waals surface area contributed by atoms with Crippen LogP contribution in [0.25, 0.3) is 0 Å². The van der Waals surface area contributed by atoms with E-state index >= 15 is 0 Å². The van der Waals surface area contributed by atoms with E-state index in [-0.39, 0.29) is 0 Å². The van der Waals surface area contributed by atoms with Gasteiger partial charge in [0.2, 0.25) is 0 Å². The summed E-state index contributed by atoms with van der Waals surface area (Å²) in [6.07, 6.45) is 2.13. The van der Waals surface area contributed by atoms with Gasteiger partial charge in [0.25, 0.3) is 0 Å². The SMILES string of the molecule is COc1cc(Cl)ccc1NC1=NCCC1. The Morgan fingerprint density at radius 3 is 3.00 bits per heavy atom. The van der Waals surface area contributed by atoms with Gasteiger partial charge in [0.15, 0.2) is 0 Å². The quantitative estimate of drug-likeness (QED) is 0.838. The molecule has 0 atom stereocenters. The highest BCUT2D eigenvalue weighted by Crippen LogP contribution is 2.28. The van der Waals surface area contributed by atoms with Crippen LogP contribution in [0.3, 0.4) is 0 Å². The minimum Gasteiger partial charge on any atom is -0.495 e. The largest absolute Gasteiger partial charge is 0.495 e. The Morgan fingerprint density at radius 2 is 2.33 bits per heavy atom. The number of hydrogen-bond acceptors (Lipinski definition) is 3. The molecule has 0 radical (unpaired) electrons. The lowest BCUT2D eigenvalue weighted by Gasteiger charge is -2.10. The first-order valence-corrected chi connectivity index (χ1v) is 5.31. The number of nitrogens with zero attached hydrogens (tertiary/aromatic N) is 1. The average Bonchev–Trinajstić information content (AvgIpc) is 2.73. The van der Waals surface area contributed by atoms with Crippen molar-refractivity contribution >= 4 is 23.1 Å². The second kappa shape index (κ2) is 4.53. The summed E-state index contributed by atoms with van der Waals surface area (Å²) in [5, 5.41) is 3.93. The van der Waals surface area contributed by atoms with E-state index in [1.54, 1.807) is 13.2 Å². The van der Waals surface area contributed by atoms with Gasteiger partial charge in [-0.15, -0.1) is 0 Å². The number of amidine groups is 1. The van der Waals surface area contributed by atoms with Crippen LogP contribution >= 0.6 is 11.6 Å². The van der Waals surface area contributed by atoms with Crippen molar-refractivity contribution in [1.82, 2.24) is 0 Å². The lowest BCUT2D eigenvalue weighted by Crippen LogP contribution is -2.09. The van der Waals surface area contributed by atoms with E-state index in [2.05, 4.69) is 10.3 Å². The molecule has 0 amide bonds. The molecule has 80 valence electrons. The summed E-state index contributed by atoms with van der Waals surface area (Å²) < 4.78 is 5.23. The lowest BCUT2D eigenvalue weighted by atomic mass is 10.2. The summed E-state index contributed by atoms with van der Waals surface area (Å²) in [6.45, 7) is 0.915. The standard InChI is InChI=1S/C11H13ClN2O/c1-15-10-7-8(12)4-5-9(10)14-11-3-2-6-13-11/h4-5,7H,2-3,6H2,1H3,(H,13,14). The van der Waals surface area contributed by atoms with E-state index < -0.39 is 0 Å². The first-order chi connectivity index (χ1) is 7.29. The fourth-order valence-electron chi connectivity index (χ4n) is 1.57. The maximum absolute atomic E-state index is 5.87. The van der Waals surface area contributed by atoms with Gasteiger partial charge in [-0.25, -0.2) is 0 Å². The molecular formula is C11H13ClN2O. The van der Waals surface area contributed by atoms with Crippen molar-refractivity contribution in [2.24, 2.45) is 4.99 Å². The minimum atomic E-state index is 0.672. The summed E-state index contributed by atoms with van der Waals surface area (Å²) in [6, 6.07) is 5.53. The van der Waals surface area contributed by atoms with Gasteiger partial charge in [-0.1, -0.05) is 11.6 Å². The zero-order valence-corrected chi connectivity index (χ0v) is 9.34. The Hall–Kier alpha value is -1.22. The van der Waals surface area contributed by atoms with Gasteiger partial charge < -0.3 is 10.1 Å². The molecule has 15 heavy (non-hydrogen) atoms. The molecule has 0 saturated carbocycles. The van der Waals surface area contributed by atoms with Crippen molar-refractivity contribution in [2.75, 3.05) is 19.0 Å². The molecule has 0 saturated heterocycles. The number of rotatable bonds is 2. The van der Waals surface area contributed by atoms with Crippen LogP contribution < -0.4 is 10.1 Å². The highest BCUT2D eigenvalue weighted by Gasteiger charge is 2.09. The summed E-state index contributed by atoms with van der Waals surface area (Å²) in [5.41, 5.74) is 0.919. The van der Waals surface area contributed by atoms with Crippen LogP contribution in [0.4, 0.5) is 5.69 Å². The molecule has 1 aliphatic rings. The Kier molecular flexibility index (Phi) is 3.11. The summed E-state index contributed by atoms with van der Waals surface area (Å²) >= 11 is 5.87.